The highest BCUT2D eigenvalue weighted by atomic mass is 32.2. The number of thioether (sulfide) groups is 1. The van der Waals surface area contributed by atoms with E-state index in [4.69, 9.17) is 47.7 Å². The maximum absolute atomic E-state index is 13.7. The zero-order valence-electron chi connectivity index (χ0n) is 45.9. The van der Waals surface area contributed by atoms with Gasteiger partial charge in [0.05, 0.1) is 25.5 Å². The molecule has 28 heteroatoms. The van der Waals surface area contributed by atoms with Crippen LogP contribution in [-0.4, -0.2) is 139 Å². The van der Waals surface area contributed by atoms with Gasteiger partial charge in [-0.3, -0.25) is 33.3 Å². The van der Waals surface area contributed by atoms with Gasteiger partial charge in [-0.2, -0.15) is 9.97 Å². The van der Waals surface area contributed by atoms with Gasteiger partial charge in [-0.05, 0) is 54.8 Å². The summed E-state index contributed by atoms with van der Waals surface area (Å²) in [5, 5.41) is 8.92. The molecule has 77 heavy (non-hydrogen) atoms. The molecular formula is C49H72N10O15SSi2. The summed E-state index contributed by atoms with van der Waals surface area (Å²) in [6.07, 6.45) is -3.78. The number of carbonyl (C=O) groups excluding carboxylic acids is 4. The van der Waals surface area contributed by atoms with E-state index in [0.717, 1.165) is 13.8 Å². The molecule has 6 N–H and O–H groups in total. The Morgan fingerprint density at radius 2 is 1.55 bits per heavy atom. The lowest BCUT2D eigenvalue weighted by atomic mass is 10.1. The average molecular weight is 1130 g/mol. The molecule has 3 aliphatic rings. The lowest BCUT2D eigenvalue weighted by molar-refractivity contribution is -0.166. The molecule has 0 saturated carbocycles. The van der Waals surface area contributed by atoms with Crippen molar-refractivity contribution in [2.24, 2.45) is 0 Å². The number of para-hydroxylation sites is 1. The number of urea groups is 1. The number of esters is 3. The van der Waals surface area contributed by atoms with E-state index in [0.29, 0.717) is 48.1 Å². The maximum atomic E-state index is 13.7. The first kappa shape index (κ1) is 58.6. The topological polar surface area (TPSA) is 312 Å². The van der Waals surface area contributed by atoms with E-state index >= 15 is 0 Å². The van der Waals surface area contributed by atoms with Crippen molar-refractivity contribution in [3.05, 3.63) is 45.2 Å². The van der Waals surface area contributed by atoms with E-state index in [9.17, 15) is 28.8 Å². The zero-order chi connectivity index (χ0) is 56.4. The summed E-state index contributed by atoms with van der Waals surface area (Å²) in [4.78, 5) is 91.5. The van der Waals surface area contributed by atoms with Gasteiger partial charge in [0.2, 0.25) is 5.95 Å². The first-order valence-corrected chi connectivity index (χ1v) is 32.2. The Labute approximate surface area is 451 Å². The molecule has 0 bridgehead atoms. The third-order valence-corrected chi connectivity index (χ3v) is 24.2. The highest BCUT2D eigenvalue weighted by molar-refractivity contribution is 7.99. The van der Waals surface area contributed by atoms with Gasteiger partial charge in [0.1, 0.15) is 43.1 Å². The van der Waals surface area contributed by atoms with Crippen LogP contribution in [0.25, 0.3) is 11.2 Å². The predicted octanol–water partition coefficient (Wildman–Crippen LogP) is 5.99. The van der Waals surface area contributed by atoms with Gasteiger partial charge < -0.3 is 63.7 Å². The largest absolute Gasteiger partial charge is 0.489 e. The second kappa shape index (κ2) is 23.5. The average Bonchev–Trinajstić information content (AvgIpc) is 4.00. The van der Waals surface area contributed by atoms with Crippen LogP contribution in [0.3, 0.4) is 0 Å². The molecular weight excluding hydrogens is 1060 g/mol. The summed E-state index contributed by atoms with van der Waals surface area (Å²) >= 11 is 1.18. The van der Waals surface area contributed by atoms with Crippen molar-refractivity contribution in [1.29, 1.82) is 0 Å². The summed E-state index contributed by atoms with van der Waals surface area (Å²) < 4.78 is 57.9. The number of aromatic amines is 1. The number of H-pyrrole nitrogens is 1. The number of anilines is 3. The minimum absolute atomic E-state index is 0.00274. The van der Waals surface area contributed by atoms with Crippen molar-refractivity contribution in [2.45, 2.75) is 160 Å². The number of benzene rings is 1. The highest BCUT2D eigenvalue weighted by Gasteiger charge is 2.52. The van der Waals surface area contributed by atoms with Crippen molar-refractivity contribution >= 4 is 81.0 Å². The van der Waals surface area contributed by atoms with E-state index in [2.05, 4.69) is 104 Å². The SMILES string of the molecule is CC(=O)OC[C@H]1O[C@@H](n2c(SCCCNC(=O)NCCOc3cccc4c3Nc3nc(=O)n([C@H]5C[C@H](O[Si](C)(C)C(C)(C)C)[C@@H](CO[Si](C)(C)C(C)(C)C)O5)cc3O4)nc3c(=O)[nH]c(N)nc32)[C@H](OC(C)=O)[C@@H]1OC(C)=O. The number of nitrogens with zero attached hydrogens (tertiary/aromatic N) is 5. The van der Waals surface area contributed by atoms with Crippen molar-refractivity contribution < 1.29 is 61.2 Å². The molecule has 1 aromatic carbocycles. The Morgan fingerprint density at radius 3 is 2.22 bits per heavy atom. The van der Waals surface area contributed by atoms with Crippen molar-refractivity contribution in [3.8, 4) is 17.2 Å². The molecule has 7 rings (SSSR count). The Balaban J connectivity index is 0.934. The number of ether oxygens (including phenoxy) is 7. The lowest BCUT2D eigenvalue weighted by Crippen LogP contribution is -2.48. The van der Waals surface area contributed by atoms with E-state index in [-0.39, 0.29) is 70.6 Å². The summed E-state index contributed by atoms with van der Waals surface area (Å²) in [6, 6.07) is 4.79. The number of aromatic nitrogens is 6. The number of hydrogen-bond donors (Lipinski definition) is 5. The van der Waals surface area contributed by atoms with Gasteiger partial charge in [-0.25, -0.2) is 14.6 Å². The molecule has 7 atom stereocenters. The van der Waals surface area contributed by atoms with E-state index in [1.165, 1.54) is 27.8 Å². The lowest BCUT2D eigenvalue weighted by Gasteiger charge is -2.40. The normalized spacial score (nSPS) is 21.3. The van der Waals surface area contributed by atoms with Gasteiger partial charge in [0.15, 0.2) is 68.7 Å². The molecule has 25 nitrogen and oxygen atoms in total. The van der Waals surface area contributed by atoms with Crippen molar-refractivity contribution in [2.75, 3.05) is 49.7 Å². The van der Waals surface area contributed by atoms with Crippen LogP contribution in [0.1, 0.15) is 87.6 Å². The van der Waals surface area contributed by atoms with Gasteiger partial charge in [-0.15, -0.1) is 0 Å². The van der Waals surface area contributed by atoms with Crippen LogP contribution in [0, 0.1) is 0 Å². The van der Waals surface area contributed by atoms with Crippen LogP contribution in [0.15, 0.2) is 39.1 Å². The summed E-state index contributed by atoms with van der Waals surface area (Å²) in [6.45, 7) is 25.9. The van der Waals surface area contributed by atoms with Crippen molar-refractivity contribution in [1.82, 2.24) is 39.7 Å². The van der Waals surface area contributed by atoms with Gasteiger partial charge in [0, 0.05) is 39.5 Å². The number of imidazole rings is 1. The Kier molecular flexibility index (Phi) is 17.9. The third-order valence-electron chi connectivity index (χ3n) is 14.1. The van der Waals surface area contributed by atoms with Crippen molar-refractivity contribution in [3.63, 3.8) is 0 Å². The quantitative estimate of drug-likeness (QED) is 0.0196. The summed E-state index contributed by atoms with van der Waals surface area (Å²) in [7, 11) is -4.37. The molecule has 0 aliphatic carbocycles. The molecule has 0 unspecified atom stereocenters. The number of carbonyl (C=O) groups is 4. The number of rotatable bonds is 20. The van der Waals surface area contributed by atoms with Gasteiger partial charge in [0.25, 0.3) is 5.56 Å². The minimum Gasteiger partial charge on any atom is -0.489 e. The van der Waals surface area contributed by atoms with Crippen LogP contribution in [-0.2, 0) is 46.9 Å². The first-order chi connectivity index (χ1) is 36.0. The number of nitrogens with one attached hydrogen (secondary N) is 4. The maximum Gasteiger partial charge on any atom is 0.351 e. The van der Waals surface area contributed by atoms with Crippen LogP contribution in [0.2, 0.25) is 36.3 Å². The summed E-state index contributed by atoms with van der Waals surface area (Å²) in [5.74, 6) is -0.572. The smallest absolute Gasteiger partial charge is 0.351 e. The molecule has 3 aromatic heterocycles. The number of nitrogen functional groups attached to an aromatic ring is 1. The van der Waals surface area contributed by atoms with Gasteiger partial charge in [-0.1, -0.05) is 59.4 Å². The Bertz CT molecular complexity index is 2960. The van der Waals surface area contributed by atoms with Crippen LogP contribution < -0.4 is 42.4 Å². The Morgan fingerprint density at radius 1 is 0.857 bits per heavy atom. The number of amides is 2. The fourth-order valence-corrected chi connectivity index (χ4v) is 11.5. The summed E-state index contributed by atoms with van der Waals surface area (Å²) in [5.41, 5.74) is 5.09. The molecule has 0 spiro atoms. The predicted molar refractivity (Wildman–Crippen MR) is 288 cm³/mol. The number of nitrogens with two attached hydrogens (primary N) is 1. The fraction of sp³-hybridized carbons (Fsp3) is 0.612. The molecule has 422 valence electrons. The van der Waals surface area contributed by atoms with Crippen LogP contribution in [0.4, 0.5) is 22.2 Å². The Hall–Kier alpha value is -6.05. The minimum atomic E-state index is -2.24. The molecule has 3 aliphatic heterocycles. The number of fused-ring (bicyclic) bond motifs is 3. The van der Waals surface area contributed by atoms with Crippen LogP contribution in [0.5, 0.6) is 17.2 Å². The highest BCUT2D eigenvalue weighted by Crippen LogP contribution is 2.47. The second-order valence-electron chi connectivity index (χ2n) is 22.0. The molecule has 0 radical (unpaired) electrons. The van der Waals surface area contributed by atoms with E-state index in [1.54, 1.807) is 24.4 Å². The van der Waals surface area contributed by atoms with Crippen LogP contribution >= 0.6 is 11.8 Å². The van der Waals surface area contributed by atoms with Gasteiger partial charge >= 0.3 is 29.6 Å². The van der Waals surface area contributed by atoms with E-state index < -0.39 is 88.7 Å². The second-order valence-corrected chi connectivity index (χ2v) is 32.6. The zero-order valence-corrected chi connectivity index (χ0v) is 48.7. The molecule has 4 aromatic rings. The third kappa shape index (κ3) is 13.8. The monoisotopic (exact) mass is 1130 g/mol. The molecule has 2 saturated heterocycles. The molecule has 2 amide bonds. The standard InChI is InChI=1S/C49H72N10O15SSi2/c1-26(60)67-24-34-38(69-27(2)61)39(70-28(3)62)43(73-34)59-41-37(42(63)57-44(50)56-41)54-47(59)75-21-15-18-51-45(64)52-19-20-66-29-16-14-17-30-36(29)53-40-32(71-30)23-58(46(65)55-40)35-22-31(74-77(12,13)49(7,8)9)33(72-35)25-68-76(10,11)48(4,5)6/h14,16-17,23,31,33-35,38-39,43H,15,18-22,24-25H2,1-13H3,(H2,51,52,64)(H,53,55,65)(H3,50,56,57,63)/t31-,33+,34+,35+,38+,39+,43+/m0/s1. The van der Waals surface area contributed by atoms with E-state index in [1.807, 2.05) is 0 Å². The number of hydrogen-bond acceptors (Lipinski definition) is 21. The fourth-order valence-electron chi connectivity index (χ4n) is 8.14. The molecule has 2 fully saturated rings. The molecule has 6 heterocycles. The first-order valence-electron chi connectivity index (χ1n) is 25.4.